The second-order valence-electron chi connectivity index (χ2n) is 7.94. The minimum Gasteiger partial charge on any atom is -0.508 e. The molecule has 2 heterocycles. The van der Waals surface area contributed by atoms with Crippen LogP contribution in [0.4, 0.5) is 0 Å². The number of nitrogens with one attached hydrogen (secondary N) is 1. The zero-order valence-corrected chi connectivity index (χ0v) is 16.2. The molecule has 1 aromatic heterocycles. The zero-order chi connectivity index (χ0) is 20.4. The maximum atomic E-state index is 12.6. The summed E-state index contributed by atoms with van der Waals surface area (Å²) in [5, 5.41) is 16.2. The molecule has 4 rings (SSSR count). The number of carbonyl (C=O) groups is 2. The highest BCUT2D eigenvalue weighted by Gasteiger charge is 2.30. The van der Waals surface area contributed by atoms with E-state index in [0.717, 1.165) is 24.2 Å². The van der Waals surface area contributed by atoms with E-state index in [4.69, 9.17) is 10.3 Å². The number of aromatic hydroxyl groups is 1. The van der Waals surface area contributed by atoms with E-state index in [-0.39, 0.29) is 23.6 Å². The molecule has 1 saturated carbocycles. The van der Waals surface area contributed by atoms with Crippen LogP contribution in [-0.2, 0) is 11.2 Å². The average molecular weight is 398 g/mol. The van der Waals surface area contributed by atoms with Crippen LogP contribution < -0.4 is 11.1 Å². The molecule has 2 fully saturated rings. The Morgan fingerprint density at radius 2 is 1.90 bits per heavy atom. The number of hydrogen-bond donors (Lipinski definition) is 3. The van der Waals surface area contributed by atoms with Crippen LogP contribution in [0.15, 0.2) is 34.9 Å². The molecule has 154 valence electrons. The van der Waals surface area contributed by atoms with Crippen molar-refractivity contribution in [3.63, 3.8) is 0 Å². The van der Waals surface area contributed by atoms with Crippen LogP contribution in [0.5, 0.6) is 5.75 Å². The Kier molecular flexibility index (Phi) is 5.53. The number of piperidine rings is 1. The van der Waals surface area contributed by atoms with Gasteiger partial charge in [-0.15, -0.1) is 0 Å². The van der Waals surface area contributed by atoms with Gasteiger partial charge in [0.15, 0.2) is 5.69 Å². The highest BCUT2D eigenvalue weighted by Crippen LogP contribution is 2.40. The smallest absolute Gasteiger partial charge is 0.273 e. The van der Waals surface area contributed by atoms with Gasteiger partial charge in [0, 0.05) is 31.1 Å². The van der Waals surface area contributed by atoms with Crippen molar-refractivity contribution in [3.8, 4) is 5.75 Å². The van der Waals surface area contributed by atoms with Gasteiger partial charge in [-0.25, -0.2) is 0 Å². The summed E-state index contributed by atoms with van der Waals surface area (Å²) in [6, 6.07) is 7.81. The van der Waals surface area contributed by atoms with Gasteiger partial charge in [0.25, 0.3) is 5.91 Å². The SMILES string of the molecule is N[C@@H](Cc1ccc(O)cc1)C(=O)N1CCC(NC(=O)c2cc(C3CC3)on2)CC1. The molecule has 0 spiro atoms. The van der Waals surface area contributed by atoms with E-state index >= 15 is 0 Å². The lowest BCUT2D eigenvalue weighted by atomic mass is 10.0. The molecule has 1 aromatic carbocycles. The summed E-state index contributed by atoms with van der Waals surface area (Å²) in [5.74, 6) is 1.08. The van der Waals surface area contributed by atoms with Crippen LogP contribution in [0.1, 0.15) is 53.4 Å². The van der Waals surface area contributed by atoms with Gasteiger partial charge in [0.05, 0.1) is 6.04 Å². The van der Waals surface area contributed by atoms with Gasteiger partial charge < -0.3 is 25.6 Å². The average Bonchev–Trinajstić information content (AvgIpc) is 3.46. The van der Waals surface area contributed by atoms with Crippen molar-refractivity contribution >= 4 is 11.8 Å². The van der Waals surface area contributed by atoms with E-state index in [1.54, 1.807) is 35.2 Å². The van der Waals surface area contributed by atoms with Crippen molar-refractivity contribution in [3.05, 3.63) is 47.3 Å². The summed E-state index contributed by atoms with van der Waals surface area (Å²) in [6.07, 6.45) is 3.97. The zero-order valence-electron chi connectivity index (χ0n) is 16.2. The van der Waals surface area contributed by atoms with E-state index in [1.165, 1.54) is 0 Å². The van der Waals surface area contributed by atoms with E-state index in [9.17, 15) is 14.7 Å². The molecule has 0 radical (unpaired) electrons. The number of phenolic OH excluding ortho intramolecular Hbond substituents is 1. The summed E-state index contributed by atoms with van der Waals surface area (Å²) in [7, 11) is 0. The van der Waals surface area contributed by atoms with E-state index in [2.05, 4.69) is 10.5 Å². The molecular weight excluding hydrogens is 372 g/mol. The standard InChI is InChI=1S/C21H26N4O4/c22-17(11-13-1-5-16(26)6-2-13)21(28)25-9-7-15(8-10-25)23-20(27)18-12-19(29-24-18)14-3-4-14/h1-2,5-6,12,14-15,17,26H,3-4,7-11,22H2,(H,23,27)/t17-/m0/s1. The summed E-state index contributed by atoms with van der Waals surface area (Å²) in [5.41, 5.74) is 7.33. The number of hydrogen-bond acceptors (Lipinski definition) is 6. The van der Waals surface area contributed by atoms with Crippen LogP contribution in [-0.4, -0.2) is 52.2 Å². The number of phenols is 1. The summed E-state index contributed by atoms with van der Waals surface area (Å²) in [6.45, 7) is 1.11. The fourth-order valence-electron chi connectivity index (χ4n) is 3.67. The third-order valence-corrected chi connectivity index (χ3v) is 5.59. The third-order valence-electron chi connectivity index (χ3n) is 5.59. The summed E-state index contributed by atoms with van der Waals surface area (Å²) < 4.78 is 5.24. The number of nitrogens with two attached hydrogens (primary N) is 1. The first-order valence-corrected chi connectivity index (χ1v) is 10.1. The maximum Gasteiger partial charge on any atom is 0.273 e. The Labute approximate surface area is 169 Å². The number of aromatic nitrogens is 1. The van der Waals surface area contributed by atoms with Crippen molar-refractivity contribution in [2.24, 2.45) is 5.73 Å². The van der Waals surface area contributed by atoms with Gasteiger partial charge in [-0.2, -0.15) is 0 Å². The predicted molar refractivity (Wildman–Crippen MR) is 105 cm³/mol. The Hall–Kier alpha value is -2.87. The first kappa shape index (κ1) is 19.4. The minimum atomic E-state index is -0.623. The predicted octanol–water partition coefficient (Wildman–Crippen LogP) is 1.55. The highest BCUT2D eigenvalue weighted by molar-refractivity contribution is 5.92. The van der Waals surface area contributed by atoms with Crippen LogP contribution in [0.25, 0.3) is 0 Å². The summed E-state index contributed by atoms with van der Waals surface area (Å²) >= 11 is 0. The Morgan fingerprint density at radius 3 is 2.55 bits per heavy atom. The van der Waals surface area contributed by atoms with E-state index < -0.39 is 6.04 Å². The third kappa shape index (κ3) is 4.76. The van der Waals surface area contributed by atoms with Gasteiger partial charge in [-0.05, 0) is 49.8 Å². The Bertz CT molecular complexity index is 867. The van der Waals surface area contributed by atoms with E-state index in [1.807, 2.05) is 0 Å². The van der Waals surface area contributed by atoms with Gasteiger partial charge in [0.2, 0.25) is 5.91 Å². The number of likely N-dealkylation sites (tertiary alicyclic amines) is 1. The number of rotatable bonds is 6. The Morgan fingerprint density at radius 1 is 1.21 bits per heavy atom. The second-order valence-corrected chi connectivity index (χ2v) is 7.94. The molecule has 2 aromatic rings. The van der Waals surface area contributed by atoms with Crippen molar-refractivity contribution in [1.82, 2.24) is 15.4 Å². The van der Waals surface area contributed by atoms with Gasteiger partial charge in [0.1, 0.15) is 11.5 Å². The highest BCUT2D eigenvalue weighted by atomic mass is 16.5. The topological polar surface area (TPSA) is 122 Å². The largest absolute Gasteiger partial charge is 0.508 e. The molecule has 8 heteroatoms. The quantitative estimate of drug-likeness (QED) is 0.679. The molecule has 1 atom stereocenters. The molecule has 1 saturated heterocycles. The van der Waals surface area contributed by atoms with Crippen LogP contribution >= 0.6 is 0 Å². The molecule has 2 aliphatic rings. The fourth-order valence-corrected chi connectivity index (χ4v) is 3.67. The molecule has 1 aliphatic carbocycles. The van der Waals surface area contributed by atoms with Crippen LogP contribution in [0.2, 0.25) is 0 Å². The molecular formula is C21H26N4O4. The van der Waals surface area contributed by atoms with Crippen molar-refractivity contribution in [2.45, 2.75) is 50.1 Å². The van der Waals surface area contributed by atoms with Crippen LogP contribution in [0.3, 0.4) is 0 Å². The monoisotopic (exact) mass is 398 g/mol. The van der Waals surface area contributed by atoms with Gasteiger partial charge >= 0.3 is 0 Å². The molecule has 0 unspecified atom stereocenters. The van der Waals surface area contributed by atoms with Gasteiger partial charge in [-0.3, -0.25) is 9.59 Å². The molecule has 0 bridgehead atoms. The number of carbonyl (C=O) groups excluding carboxylic acids is 2. The lowest BCUT2D eigenvalue weighted by molar-refractivity contribution is -0.133. The fraction of sp³-hybridized carbons (Fsp3) is 0.476. The molecule has 2 amide bonds. The molecule has 8 nitrogen and oxygen atoms in total. The summed E-state index contributed by atoms with van der Waals surface area (Å²) in [4.78, 5) is 26.8. The number of nitrogens with zero attached hydrogens (tertiary/aromatic N) is 2. The minimum absolute atomic E-state index is 0.000878. The van der Waals surface area contributed by atoms with Crippen molar-refractivity contribution in [1.29, 1.82) is 0 Å². The number of benzene rings is 1. The van der Waals surface area contributed by atoms with Crippen LogP contribution in [0, 0.1) is 0 Å². The van der Waals surface area contributed by atoms with E-state index in [0.29, 0.717) is 44.0 Å². The number of amides is 2. The lowest BCUT2D eigenvalue weighted by Gasteiger charge is -2.33. The molecule has 1 aliphatic heterocycles. The van der Waals surface area contributed by atoms with Gasteiger partial charge in [-0.1, -0.05) is 17.3 Å². The molecule has 29 heavy (non-hydrogen) atoms. The first-order chi connectivity index (χ1) is 14.0. The second kappa shape index (κ2) is 8.24. The Balaban J connectivity index is 1.24. The van der Waals surface area contributed by atoms with Crippen molar-refractivity contribution in [2.75, 3.05) is 13.1 Å². The first-order valence-electron chi connectivity index (χ1n) is 10.1. The normalized spacial score (nSPS) is 18.4. The molecule has 4 N–H and O–H groups in total. The lowest BCUT2D eigenvalue weighted by Crippen LogP contribution is -2.51. The van der Waals surface area contributed by atoms with Crippen molar-refractivity contribution < 1.29 is 19.2 Å². The maximum absolute atomic E-state index is 12.6.